The Bertz CT molecular complexity index is 709. The van der Waals surface area contributed by atoms with Gasteiger partial charge in [0.1, 0.15) is 5.75 Å². The molecule has 2 aromatic carbocycles. The van der Waals surface area contributed by atoms with Crippen LogP contribution in [0.4, 0.5) is 0 Å². The van der Waals surface area contributed by atoms with Crippen molar-refractivity contribution in [3.8, 4) is 5.75 Å². The molecule has 0 unspecified atom stereocenters. The number of ketones is 1. The van der Waals surface area contributed by atoms with E-state index >= 15 is 0 Å². The minimum absolute atomic E-state index is 0.182. The zero-order chi connectivity index (χ0) is 16.2. The van der Waals surface area contributed by atoms with E-state index in [2.05, 4.69) is 36.1 Å². The molecule has 0 spiro atoms. The molecule has 0 saturated heterocycles. The SMILES string of the molecule is CCc1cc(C(=O)CN2CCc3ccccc3C2)ccc1OC. The number of methoxy groups -OCH3 is 1. The Labute approximate surface area is 137 Å². The molecule has 3 rings (SSSR count). The Balaban J connectivity index is 1.70. The van der Waals surface area contributed by atoms with Crippen LogP contribution in [0.2, 0.25) is 0 Å². The van der Waals surface area contributed by atoms with Gasteiger partial charge in [0.15, 0.2) is 5.78 Å². The number of Topliss-reactive ketones (excluding diaryl/α,β-unsaturated/α-hetero) is 1. The summed E-state index contributed by atoms with van der Waals surface area (Å²) in [7, 11) is 1.67. The van der Waals surface area contributed by atoms with Crippen molar-refractivity contribution < 1.29 is 9.53 Å². The first kappa shape index (κ1) is 15.8. The molecule has 0 aromatic heterocycles. The standard InChI is InChI=1S/C20H23NO2/c1-3-15-12-17(8-9-20(15)23-2)19(22)14-21-11-10-16-6-4-5-7-18(16)13-21/h4-9,12H,3,10-11,13-14H2,1-2H3. The number of hydrogen-bond donors (Lipinski definition) is 0. The number of fused-ring (bicyclic) bond motifs is 1. The molecule has 23 heavy (non-hydrogen) atoms. The third-order valence-corrected chi connectivity index (χ3v) is 4.56. The number of carbonyl (C=O) groups is 1. The number of rotatable bonds is 5. The van der Waals surface area contributed by atoms with Gasteiger partial charge in [0.2, 0.25) is 0 Å². The number of carbonyl (C=O) groups excluding carboxylic acids is 1. The lowest BCUT2D eigenvalue weighted by molar-refractivity contribution is 0.0921. The van der Waals surface area contributed by atoms with Crippen LogP contribution < -0.4 is 4.74 Å². The molecule has 0 atom stereocenters. The monoisotopic (exact) mass is 309 g/mol. The zero-order valence-corrected chi connectivity index (χ0v) is 13.8. The lowest BCUT2D eigenvalue weighted by atomic mass is 9.99. The van der Waals surface area contributed by atoms with E-state index < -0.39 is 0 Å². The molecule has 3 nitrogen and oxygen atoms in total. The molecular formula is C20H23NO2. The first-order valence-electron chi connectivity index (χ1n) is 8.20. The molecule has 0 bridgehead atoms. The summed E-state index contributed by atoms with van der Waals surface area (Å²) in [6.07, 6.45) is 1.88. The van der Waals surface area contributed by atoms with Gasteiger partial charge in [0.25, 0.3) is 0 Å². The Morgan fingerprint density at radius 3 is 2.70 bits per heavy atom. The highest BCUT2D eigenvalue weighted by Crippen LogP contribution is 2.22. The van der Waals surface area contributed by atoms with Crippen LogP contribution in [0.25, 0.3) is 0 Å². The van der Waals surface area contributed by atoms with Crippen LogP contribution in [0.3, 0.4) is 0 Å². The molecular weight excluding hydrogens is 286 g/mol. The van der Waals surface area contributed by atoms with Crippen LogP contribution in [0.5, 0.6) is 5.75 Å². The molecule has 1 heterocycles. The van der Waals surface area contributed by atoms with Crippen LogP contribution in [-0.2, 0) is 19.4 Å². The van der Waals surface area contributed by atoms with Gasteiger partial charge < -0.3 is 4.74 Å². The fourth-order valence-electron chi connectivity index (χ4n) is 3.21. The lowest BCUT2D eigenvalue weighted by Crippen LogP contribution is -2.34. The van der Waals surface area contributed by atoms with Crippen LogP contribution in [-0.4, -0.2) is 30.9 Å². The van der Waals surface area contributed by atoms with Crippen molar-refractivity contribution in [2.75, 3.05) is 20.2 Å². The van der Waals surface area contributed by atoms with Crippen LogP contribution in [0.15, 0.2) is 42.5 Å². The molecule has 1 aliphatic heterocycles. The summed E-state index contributed by atoms with van der Waals surface area (Å²) in [5.74, 6) is 1.04. The van der Waals surface area contributed by atoms with Crippen molar-refractivity contribution in [3.63, 3.8) is 0 Å². The van der Waals surface area contributed by atoms with Crippen molar-refractivity contribution in [2.24, 2.45) is 0 Å². The molecule has 120 valence electrons. The number of benzene rings is 2. The Kier molecular flexibility index (Phi) is 4.77. The van der Waals surface area contributed by atoms with E-state index in [9.17, 15) is 4.79 Å². The average Bonchev–Trinajstić information content (AvgIpc) is 2.60. The van der Waals surface area contributed by atoms with Crippen molar-refractivity contribution >= 4 is 5.78 Å². The van der Waals surface area contributed by atoms with Gasteiger partial charge in [-0.15, -0.1) is 0 Å². The normalized spacial score (nSPS) is 14.3. The second kappa shape index (κ2) is 6.97. The predicted molar refractivity (Wildman–Crippen MR) is 92.1 cm³/mol. The third kappa shape index (κ3) is 3.45. The highest BCUT2D eigenvalue weighted by Gasteiger charge is 2.19. The van der Waals surface area contributed by atoms with Crippen LogP contribution in [0.1, 0.15) is 34.0 Å². The molecule has 1 aliphatic rings. The third-order valence-electron chi connectivity index (χ3n) is 4.56. The molecule has 0 fully saturated rings. The molecule has 0 saturated carbocycles. The fourth-order valence-corrected chi connectivity index (χ4v) is 3.21. The van der Waals surface area contributed by atoms with Gasteiger partial charge in [-0.1, -0.05) is 31.2 Å². The largest absolute Gasteiger partial charge is 0.496 e. The van der Waals surface area contributed by atoms with Gasteiger partial charge in [-0.3, -0.25) is 9.69 Å². The topological polar surface area (TPSA) is 29.5 Å². The minimum atomic E-state index is 0.182. The van der Waals surface area contributed by atoms with Gasteiger partial charge in [0.05, 0.1) is 13.7 Å². The average molecular weight is 309 g/mol. The first-order chi connectivity index (χ1) is 11.2. The van der Waals surface area contributed by atoms with Crippen LogP contribution >= 0.6 is 0 Å². The molecule has 3 heteroatoms. The number of ether oxygens (including phenoxy) is 1. The predicted octanol–water partition coefficient (Wildman–Crippen LogP) is 3.50. The summed E-state index contributed by atoms with van der Waals surface area (Å²) in [5.41, 5.74) is 4.62. The van der Waals surface area contributed by atoms with E-state index in [1.54, 1.807) is 7.11 Å². The highest BCUT2D eigenvalue weighted by atomic mass is 16.5. The Morgan fingerprint density at radius 2 is 1.96 bits per heavy atom. The number of aryl methyl sites for hydroxylation is 1. The van der Waals surface area contributed by atoms with E-state index in [1.165, 1.54) is 11.1 Å². The maximum absolute atomic E-state index is 12.6. The Morgan fingerprint density at radius 1 is 1.17 bits per heavy atom. The quantitative estimate of drug-likeness (QED) is 0.792. The van der Waals surface area contributed by atoms with Crippen molar-refractivity contribution in [3.05, 3.63) is 64.7 Å². The van der Waals surface area contributed by atoms with E-state index in [-0.39, 0.29) is 5.78 Å². The van der Waals surface area contributed by atoms with Crippen molar-refractivity contribution in [1.82, 2.24) is 4.90 Å². The first-order valence-corrected chi connectivity index (χ1v) is 8.20. The van der Waals surface area contributed by atoms with Gasteiger partial charge in [-0.2, -0.15) is 0 Å². The summed E-state index contributed by atoms with van der Waals surface area (Å²) in [6.45, 7) is 4.36. The van der Waals surface area contributed by atoms with E-state index in [0.29, 0.717) is 6.54 Å². The van der Waals surface area contributed by atoms with Gasteiger partial charge >= 0.3 is 0 Å². The van der Waals surface area contributed by atoms with Gasteiger partial charge in [0, 0.05) is 18.7 Å². The second-order valence-corrected chi connectivity index (χ2v) is 6.03. The Hall–Kier alpha value is -2.13. The molecule has 0 aliphatic carbocycles. The van der Waals surface area contributed by atoms with Crippen molar-refractivity contribution in [1.29, 1.82) is 0 Å². The summed E-state index contributed by atoms with van der Waals surface area (Å²) in [4.78, 5) is 14.8. The van der Waals surface area contributed by atoms with E-state index in [0.717, 1.165) is 42.8 Å². The minimum Gasteiger partial charge on any atom is -0.496 e. The fraction of sp³-hybridized carbons (Fsp3) is 0.350. The van der Waals surface area contributed by atoms with E-state index in [4.69, 9.17) is 4.74 Å². The number of hydrogen-bond acceptors (Lipinski definition) is 3. The van der Waals surface area contributed by atoms with Crippen LogP contribution in [0, 0.1) is 0 Å². The highest BCUT2D eigenvalue weighted by molar-refractivity contribution is 5.98. The molecule has 0 N–H and O–H groups in total. The summed E-state index contributed by atoms with van der Waals surface area (Å²) in [6, 6.07) is 14.2. The summed E-state index contributed by atoms with van der Waals surface area (Å²) in [5, 5.41) is 0. The maximum Gasteiger partial charge on any atom is 0.176 e. The van der Waals surface area contributed by atoms with Crippen molar-refractivity contribution in [2.45, 2.75) is 26.3 Å². The zero-order valence-electron chi connectivity index (χ0n) is 13.8. The van der Waals surface area contributed by atoms with Gasteiger partial charge in [-0.05, 0) is 47.7 Å². The second-order valence-electron chi connectivity index (χ2n) is 6.03. The lowest BCUT2D eigenvalue weighted by Gasteiger charge is -2.28. The smallest absolute Gasteiger partial charge is 0.176 e. The molecule has 2 aromatic rings. The molecule has 0 amide bonds. The maximum atomic E-state index is 12.6. The number of nitrogens with zero attached hydrogens (tertiary/aromatic N) is 1. The molecule has 0 radical (unpaired) electrons. The van der Waals surface area contributed by atoms with Gasteiger partial charge in [-0.25, -0.2) is 0 Å². The summed E-state index contributed by atoms with van der Waals surface area (Å²) < 4.78 is 5.34. The summed E-state index contributed by atoms with van der Waals surface area (Å²) >= 11 is 0. The van der Waals surface area contributed by atoms with E-state index in [1.807, 2.05) is 18.2 Å².